The van der Waals surface area contributed by atoms with Gasteiger partial charge in [0.05, 0.1) is 5.56 Å². The number of hydrogen-bond donors (Lipinski definition) is 0. The third kappa shape index (κ3) is 4.48. The summed E-state index contributed by atoms with van der Waals surface area (Å²) in [7, 11) is 0. The van der Waals surface area contributed by atoms with Gasteiger partial charge in [0, 0.05) is 12.6 Å². The van der Waals surface area contributed by atoms with E-state index < -0.39 is 11.7 Å². The number of halogens is 3. The molecule has 0 N–H and O–H groups in total. The van der Waals surface area contributed by atoms with Crippen molar-refractivity contribution < 1.29 is 13.2 Å². The van der Waals surface area contributed by atoms with E-state index in [9.17, 15) is 13.2 Å². The predicted molar refractivity (Wildman–Crippen MR) is 85.2 cm³/mol. The molecule has 0 atom stereocenters. The van der Waals surface area contributed by atoms with Crippen LogP contribution >= 0.6 is 0 Å². The van der Waals surface area contributed by atoms with Crippen molar-refractivity contribution in [2.75, 3.05) is 26.2 Å². The molecule has 128 valence electrons. The van der Waals surface area contributed by atoms with Gasteiger partial charge in [-0.3, -0.25) is 4.90 Å². The molecule has 0 radical (unpaired) electrons. The van der Waals surface area contributed by atoms with Gasteiger partial charge in [-0.25, -0.2) is 0 Å². The first-order chi connectivity index (χ1) is 11.0. The lowest BCUT2D eigenvalue weighted by atomic mass is 9.99. The molecule has 5 heteroatoms. The maximum Gasteiger partial charge on any atom is 0.416 e. The molecule has 2 heterocycles. The summed E-state index contributed by atoms with van der Waals surface area (Å²) in [6.45, 7) is 5.03. The van der Waals surface area contributed by atoms with Crippen LogP contribution in [0.25, 0.3) is 0 Å². The van der Waals surface area contributed by atoms with Gasteiger partial charge in [-0.05, 0) is 63.5 Å². The Bertz CT molecular complexity index is 501. The lowest BCUT2D eigenvalue weighted by Crippen LogP contribution is -2.46. The van der Waals surface area contributed by atoms with E-state index in [-0.39, 0.29) is 0 Å². The Morgan fingerprint density at radius 3 is 2.30 bits per heavy atom. The van der Waals surface area contributed by atoms with Gasteiger partial charge in [0.25, 0.3) is 0 Å². The average Bonchev–Trinajstić information content (AvgIpc) is 2.56. The van der Waals surface area contributed by atoms with Gasteiger partial charge >= 0.3 is 6.18 Å². The van der Waals surface area contributed by atoms with E-state index in [2.05, 4.69) is 9.80 Å². The molecule has 0 spiro atoms. The lowest BCUT2D eigenvalue weighted by Gasteiger charge is -2.40. The molecule has 2 aliphatic rings. The first kappa shape index (κ1) is 16.8. The maximum absolute atomic E-state index is 12.8. The van der Waals surface area contributed by atoms with E-state index in [0.29, 0.717) is 12.6 Å². The summed E-state index contributed by atoms with van der Waals surface area (Å²) in [5, 5.41) is 0. The van der Waals surface area contributed by atoms with Crippen molar-refractivity contribution >= 4 is 0 Å². The molecule has 2 fully saturated rings. The molecule has 3 rings (SSSR count). The fourth-order valence-corrected chi connectivity index (χ4v) is 3.83. The third-order valence-corrected chi connectivity index (χ3v) is 5.12. The number of alkyl halides is 3. The number of nitrogens with zero attached hydrogens (tertiary/aromatic N) is 2. The van der Waals surface area contributed by atoms with Gasteiger partial charge in [0.15, 0.2) is 0 Å². The van der Waals surface area contributed by atoms with Crippen molar-refractivity contribution in [1.82, 2.24) is 9.80 Å². The summed E-state index contributed by atoms with van der Waals surface area (Å²) >= 11 is 0. The molecular formula is C18H25F3N2. The second kappa shape index (κ2) is 7.22. The first-order valence-electron chi connectivity index (χ1n) is 8.65. The zero-order valence-electron chi connectivity index (χ0n) is 13.5. The number of piperidine rings is 2. The van der Waals surface area contributed by atoms with Gasteiger partial charge in [-0.15, -0.1) is 0 Å². The molecule has 0 bridgehead atoms. The van der Waals surface area contributed by atoms with Gasteiger partial charge in [-0.1, -0.05) is 24.6 Å². The number of hydrogen-bond acceptors (Lipinski definition) is 2. The number of rotatable bonds is 3. The van der Waals surface area contributed by atoms with Crippen LogP contribution in [0.15, 0.2) is 24.3 Å². The summed E-state index contributed by atoms with van der Waals surface area (Å²) in [5.74, 6) is 0. The van der Waals surface area contributed by atoms with Gasteiger partial charge in [0.2, 0.25) is 0 Å². The van der Waals surface area contributed by atoms with Crippen LogP contribution in [0, 0.1) is 0 Å². The minimum absolute atomic E-state index is 0.543. The average molecular weight is 326 g/mol. The van der Waals surface area contributed by atoms with E-state index in [1.807, 2.05) is 0 Å². The molecule has 1 aromatic rings. The van der Waals surface area contributed by atoms with E-state index in [4.69, 9.17) is 0 Å². The molecule has 2 saturated heterocycles. The van der Waals surface area contributed by atoms with Crippen LogP contribution in [0.3, 0.4) is 0 Å². The van der Waals surface area contributed by atoms with Gasteiger partial charge in [0.1, 0.15) is 0 Å². The highest BCUT2D eigenvalue weighted by molar-refractivity contribution is 5.25. The molecule has 2 nitrogen and oxygen atoms in total. The summed E-state index contributed by atoms with van der Waals surface area (Å²) in [5.41, 5.74) is 0.217. The Morgan fingerprint density at radius 1 is 0.957 bits per heavy atom. The number of benzene rings is 1. The minimum atomic E-state index is -4.25. The fourth-order valence-electron chi connectivity index (χ4n) is 3.83. The van der Waals surface area contributed by atoms with Crippen LogP contribution in [0.1, 0.15) is 43.2 Å². The van der Waals surface area contributed by atoms with Crippen LogP contribution in [0.4, 0.5) is 13.2 Å². The Labute approximate surface area is 136 Å². The zero-order valence-corrected chi connectivity index (χ0v) is 13.5. The molecule has 0 saturated carbocycles. The molecule has 0 amide bonds. The molecular weight excluding hydrogens is 301 g/mol. The van der Waals surface area contributed by atoms with Crippen molar-refractivity contribution in [2.24, 2.45) is 0 Å². The van der Waals surface area contributed by atoms with E-state index >= 15 is 0 Å². The standard InChI is InChI=1S/C18H25F3N2/c19-18(20,21)16-6-4-5-15(13-16)14-22-11-7-17(8-12-22)23-9-2-1-3-10-23/h4-6,13,17H,1-3,7-12,14H2. The topological polar surface area (TPSA) is 6.48 Å². The molecule has 1 aromatic carbocycles. The molecule has 0 aromatic heterocycles. The SMILES string of the molecule is FC(F)(F)c1cccc(CN2CCC(N3CCCCC3)CC2)c1. The van der Waals surface area contributed by atoms with Gasteiger partial charge < -0.3 is 4.90 Å². The monoisotopic (exact) mass is 326 g/mol. The highest BCUT2D eigenvalue weighted by atomic mass is 19.4. The summed E-state index contributed by atoms with van der Waals surface area (Å²) in [4.78, 5) is 4.90. The van der Waals surface area contributed by atoms with Crippen LogP contribution < -0.4 is 0 Å². The highest BCUT2D eigenvalue weighted by Gasteiger charge is 2.31. The van der Waals surface area contributed by atoms with Gasteiger partial charge in [-0.2, -0.15) is 13.2 Å². The predicted octanol–water partition coefficient (Wildman–Crippen LogP) is 4.16. The van der Waals surface area contributed by atoms with Crippen LogP contribution in [-0.2, 0) is 12.7 Å². The van der Waals surface area contributed by atoms with E-state index in [1.54, 1.807) is 6.07 Å². The maximum atomic E-state index is 12.8. The smallest absolute Gasteiger partial charge is 0.300 e. The molecule has 0 aliphatic carbocycles. The Balaban J connectivity index is 1.52. The largest absolute Gasteiger partial charge is 0.416 e. The normalized spacial score (nSPS) is 22.4. The van der Waals surface area contributed by atoms with Crippen LogP contribution in [0.5, 0.6) is 0 Å². The van der Waals surface area contributed by atoms with Crippen molar-refractivity contribution in [3.63, 3.8) is 0 Å². The van der Waals surface area contributed by atoms with E-state index in [1.165, 1.54) is 44.5 Å². The Kier molecular flexibility index (Phi) is 5.27. The van der Waals surface area contributed by atoms with Crippen LogP contribution in [-0.4, -0.2) is 42.0 Å². The third-order valence-electron chi connectivity index (χ3n) is 5.12. The van der Waals surface area contributed by atoms with Crippen molar-refractivity contribution in [3.05, 3.63) is 35.4 Å². The summed E-state index contributed by atoms with van der Waals surface area (Å²) in [6.07, 6.45) is 2.00. The zero-order chi connectivity index (χ0) is 16.3. The Morgan fingerprint density at radius 2 is 1.65 bits per heavy atom. The number of likely N-dealkylation sites (tertiary alicyclic amines) is 2. The first-order valence-corrected chi connectivity index (χ1v) is 8.65. The fraction of sp³-hybridized carbons (Fsp3) is 0.667. The molecule has 2 aliphatic heterocycles. The second-order valence-corrected chi connectivity index (χ2v) is 6.80. The van der Waals surface area contributed by atoms with E-state index in [0.717, 1.165) is 37.6 Å². The lowest BCUT2D eigenvalue weighted by molar-refractivity contribution is -0.137. The van der Waals surface area contributed by atoms with Crippen molar-refractivity contribution in [1.29, 1.82) is 0 Å². The molecule has 23 heavy (non-hydrogen) atoms. The molecule has 0 unspecified atom stereocenters. The van der Waals surface area contributed by atoms with Crippen LogP contribution in [0.2, 0.25) is 0 Å². The van der Waals surface area contributed by atoms with Crippen molar-refractivity contribution in [3.8, 4) is 0 Å². The second-order valence-electron chi connectivity index (χ2n) is 6.80. The quantitative estimate of drug-likeness (QED) is 0.823. The van der Waals surface area contributed by atoms with Crippen molar-refractivity contribution in [2.45, 2.75) is 50.9 Å². The summed E-state index contributed by atoms with van der Waals surface area (Å²) < 4.78 is 38.4. The Hall–Kier alpha value is -1.07. The minimum Gasteiger partial charge on any atom is -0.300 e. The highest BCUT2D eigenvalue weighted by Crippen LogP contribution is 2.30. The summed E-state index contributed by atoms with van der Waals surface area (Å²) in [6, 6.07) is 6.42.